The van der Waals surface area contributed by atoms with E-state index in [0.29, 0.717) is 0 Å². The maximum Gasteiger partial charge on any atom is 0.0544 e. The number of aromatic nitrogens is 1. The van der Waals surface area contributed by atoms with E-state index in [4.69, 9.17) is 0 Å². The largest absolute Gasteiger partial charge is 0.309 e. The van der Waals surface area contributed by atoms with Gasteiger partial charge in [0, 0.05) is 27.8 Å². The molecule has 4 fully saturated rings. The van der Waals surface area contributed by atoms with Crippen LogP contribution >= 0.6 is 0 Å². The third kappa shape index (κ3) is 4.65. The lowest BCUT2D eigenvalue weighted by Crippen LogP contribution is -2.55. The third-order valence-electron chi connectivity index (χ3n) is 15.6. The van der Waals surface area contributed by atoms with Crippen LogP contribution in [0, 0.1) is 23.7 Å². The highest BCUT2D eigenvalue weighted by Gasteiger charge is 2.61. The lowest BCUT2D eigenvalue weighted by molar-refractivity contribution is -0.0399. The first-order chi connectivity index (χ1) is 28.7. The predicted octanol–water partition coefficient (Wildman–Crippen LogP) is 14.6. The standard InChI is InChI=1S/C57H47N/c1-2-13-43(14-3-1)58-55-21-11-9-19-50(55)51-27-24-40(35-56(51)58)45(52-34-39-12-4-5-15-44(39)46-16-6-7-17-47(46)52)25-22-36-23-26-49-48-18-8-10-20-53(48)57(54(49)33-36)41-29-37-28-38(31-41)32-42(57)30-37/h1-21,23-24,26-27,33-35,37-38,41-42,45H,22,25,28-32H2. The summed E-state index contributed by atoms with van der Waals surface area (Å²) in [6, 6.07) is 65.1. The van der Waals surface area contributed by atoms with Crippen molar-refractivity contribution >= 4 is 43.4 Å². The molecule has 1 spiro atoms. The van der Waals surface area contributed by atoms with Crippen LogP contribution in [0.5, 0.6) is 0 Å². The summed E-state index contributed by atoms with van der Waals surface area (Å²) in [4.78, 5) is 0. The first-order valence-corrected chi connectivity index (χ1v) is 21.9. The van der Waals surface area contributed by atoms with Gasteiger partial charge in [0.25, 0.3) is 0 Å². The fraction of sp³-hybridized carbons (Fsp3) is 0.228. The minimum absolute atomic E-state index is 0.194. The van der Waals surface area contributed by atoms with Crippen LogP contribution in [0.15, 0.2) is 170 Å². The average molecular weight is 746 g/mol. The molecule has 8 aromatic carbocycles. The van der Waals surface area contributed by atoms with E-state index in [1.165, 1.54) is 109 Å². The summed E-state index contributed by atoms with van der Waals surface area (Å²) in [5, 5.41) is 7.98. The number of hydrogen-bond acceptors (Lipinski definition) is 0. The van der Waals surface area contributed by atoms with Crippen molar-refractivity contribution in [2.75, 3.05) is 0 Å². The molecule has 1 heteroatoms. The molecule has 4 bridgehead atoms. The Morgan fingerprint density at radius 2 is 1.14 bits per heavy atom. The molecule has 0 aliphatic heterocycles. The van der Waals surface area contributed by atoms with Crippen LogP contribution in [0.1, 0.15) is 72.3 Å². The van der Waals surface area contributed by atoms with E-state index in [9.17, 15) is 0 Å². The topological polar surface area (TPSA) is 4.93 Å². The van der Waals surface area contributed by atoms with Crippen LogP contribution < -0.4 is 0 Å². The molecule has 14 rings (SSSR count). The number of benzene rings is 8. The van der Waals surface area contributed by atoms with Crippen molar-refractivity contribution in [2.24, 2.45) is 23.7 Å². The van der Waals surface area contributed by atoms with Gasteiger partial charge in [0.1, 0.15) is 0 Å². The summed E-state index contributed by atoms with van der Waals surface area (Å²) in [5.41, 5.74) is 14.6. The fourth-order valence-electron chi connectivity index (χ4n) is 13.6. The molecule has 0 radical (unpaired) electrons. The van der Waals surface area contributed by atoms with E-state index in [0.717, 1.165) is 36.5 Å². The van der Waals surface area contributed by atoms with Gasteiger partial charge in [-0.1, -0.05) is 140 Å². The maximum absolute atomic E-state index is 2.71. The Kier molecular flexibility index (Phi) is 7.15. The van der Waals surface area contributed by atoms with Crippen molar-refractivity contribution in [3.05, 3.63) is 198 Å². The number of fused-ring (bicyclic) bond motifs is 9. The van der Waals surface area contributed by atoms with Gasteiger partial charge in [-0.2, -0.15) is 0 Å². The fourth-order valence-corrected chi connectivity index (χ4v) is 13.6. The van der Waals surface area contributed by atoms with Crippen molar-refractivity contribution in [3.8, 4) is 16.8 Å². The molecule has 1 aromatic heterocycles. The first-order valence-electron chi connectivity index (χ1n) is 21.9. The summed E-state index contributed by atoms with van der Waals surface area (Å²) in [7, 11) is 0. The lowest BCUT2D eigenvalue weighted by atomic mass is 9.43. The van der Waals surface area contributed by atoms with Gasteiger partial charge < -0.3 is 4.57 Å². The molecule has 280 valence electrons. The molecule has 9 aromatic rings. The first kappa shape index (κ1) is 33.1. The van der Waals surface area contributed by atoms with Crippen LogP contribution in [0.25, 0.3) is 60.2 Å². The van der Waals surface area contributed by atoms with Crippen LogP contribution in [-0.4, -0.2) is 4.57 Å². The second-order valence-electron chi connectivity index (χ2n) is 18.4. The number of nitrogens with zero attached hydrogens (tertiary/aromatic N) is 1. The minimum Gasteiger partial charge on any atom is -0.309 e. The molecule has 0 amide bonds. The monoisotopic (exact) mass is 745 g/mol. The second kappa shape index (κ2) is 12.5. The van der Waals surface area contributed by atoms with E-state index in [-0.39, 0.29) is 11.3 Å². The molecule has 1 atom stereocenters. The van der Waals surface area contributed by atoms with Crippen molar-refractivity contribution in [1.82, 2.24) is 4.57 Å². The molecular formula is C57H47N. The van der Waals surface area contributed by atoms with Crippen LogP contribution in [0.2, 0.25) is 0 Å². The Balaban J connectivity index is 0.977. The highest BCUT2D eigenvalue weighted by molar-refractivity contribution is 6.11. The smallest absolute Gasteiger partial charge is 0.0544 e. The van der Waals surface area contributed by atoms with E-state index >= 15 is 0 Å². The zero-order valence-corrected chi connectivity index (χ0v) is 32.9. The molecule has 4 saturated carbocycles. The Morgan fingerprint density at radius 3 is 1.97 bits per heavy atom. The van der Waals surface area contributed by atoms with Gasteiger partial charge in [0.15, 0.2) is 0 Å². The zero-order chi connectivity index (χ0) is 38.0. The molecular weight excluding hydrogens is 699 g/mol. The van der Waals surface area contributed by atoms with Gasteiger partial charge in [-0.3, -0.25) is 0 Å². The second-order valence-corrected chi connectivity index (χ2v) is 18.4. The van der Waals surface area contributed by atoms with Crippen molar-refractivity contribution < 1.29 is 0 Å². The van der Waals surface area contributed by atoms with Crippen molar-refractivity contribution in [3.63, 3.8) is 0 Å². The normalized spacial score (nSPS) is 23.3. The maximum atomic E-state index is 2.71. The number of hydrogen-bond donors (Lipinski definition) is 0. The van der Waals surface area contributed by atoms with Crippen LogP contribution in [0.3, 0.4) is 0 Å². The van der Waals surface area contributed by atoms with Gasteiger partial charge in [-0.25, -0.2) is 0 Å². The summed E-state index contributed by atoms with van der Waals surface area (Å²) in [5.74, 6) is 3.66. The molecule has 5 aliphatic rings. The third-order valence-corrected chi connectivity index (χ3v) is 15.6. The summed E-state index contributed by atoms with van der Waals surface area (Å²) in [6.45, 7) is 0. The highest BCUT2D eigenvalue weighted by Crippen LogP contribution is 2.69. The Hall–Kier alpha value is -5.92. The molecule has 5 aliphatic carbocycles. The van der Waals surface area contributed by atoms with Crippen molar-refractivity contribution in [2.45, 2.75) is 56.3 Å². The van der Waals surface area contributed by atoms with Gasteiger partial charge in [-0.15, -0.1) is 0 Å². The zero-order valence-electron chi connectivity index (χ0n) is 32.9. The molecule has 0 saturated heterocycles. The van der Waals surface area contributed by atoms with Gasteiger partial charge >= 0.3 is 0 Å². The van der Waals surface area contributed by atoms with Gasteiger partial charge in [0.05, 0.1) is 11.0 Å². The van der Waals surface area contributed by atoms with E-state index in [1.807, 2.05) is 0 Å². The Morgan fingerprint density at radius 1 is 0.483 bits per heavy atom. The molecule has 0 N–H and O–H groups in total. The summed E-state index contributed by atoms with van der Waals surface area (Å²) >= 11 is 0. The quantitative estimate of drug-likeness (QED) is 0.149. The van der Waals surface area contributed by atoms with Crippen LogP contribution in [0.4, 0.5) is 0 Å². The lowest BCUT2D eigenvalue weighted by Gasteiger charge is -2.61. The molecule has 1 unspecified atom stereocenters. The number of aryl methyl sites for hydroxylation is 1. The van der Waals surface area contributed by atoms with E-state index in [1.54, 1.807) is 11.1 Å². The number of para-hydroxylation sites is 2. The predicted molar refractivity (Wildman–Crippen MR) is 242 cm³/mol. The molecule has 58 heavy (non-hydrogen) atoms. The van der Waals surface area contributed by atoms with Gasteiger partial charge in [0.2, 0.25) is 0 Å². The Bertz CT molecular complexity index is 3060. The SMILES string of the molecule is c1ccc(-n2c3ccccc3c3ccc(C(CCc4ccc5c(c4)C4(c6ccccc6-5)C5CC6CC(C5)CC4C6)c4cc5ccccc5c5ccccc45)cc32)cc1. The summed E-state index contributed by atoms with van der Waals surface area (Å²) < 4.78 is 2.48. The Labute approximate surface area is 341 Å². The number of rotatable bonds is 6. The van der Waals surface area contributed by atoms with Gasteiger partial charge in [-0.05, 0) is 159 Å². The van der Waals surface area contributed by atoms with Crippen LogP contribution in [-0.2, 0) is 11.8 Å². The van der Waals surface area contributed by atoms with E-state index < -0.39 is 0 Å². The highest BCUT2D eigenvalue weighted by atomic mass is 15.0. The molecule has 1 nitrogen and oxygen atoms in total. The molecule has 1 heterocycles. The average Bonchev–Trinajstić information content (AvgIpc) is 3.76. The minimum atomic E-state index is 0.194. The summed E-state index contributed by atoms with van der Waals surface area (Å²) in [6.07, 6.45) is 9.24. The van der Waals surface area contributed by atoms with Crippen molar-refractivity contribution in [1.29, 1.82) is 0 Å². The van der Waals surface area contributed by atoms with E-state index in [2.05, 4.69) is 174 Å².